The zero-order valence-electron chi connectivity index (χ0n) is 9.96. The SMILES string of the molecule is COc1ccc(SCc2cnc(NN)cn2)cc1. The second-order valence-corrected chi connectivity index (χ2v) is 4.55. The molecule has 0 aliphatic heterocycles. The Morgan fingerprint density at radius 1 is 1.22 bits per heavy atom. The highest BCUT2D eigenvalue weighted by atomic mass is 32.2. The Morgan fingerprint density at radius 3 is 2.56 bits per heavy atom. The summed E-state index contributed by atoms with van der Waals surface area (Å²) in [6, 6.07) is 7.92. The van der Waals surface area contributed by atoms with Crippen molar-refractivity contribution >= 4 is 17.6 Å². The fourth-order valence-corrected chi connectivity index (χ4v) is 2.13. The van der Waals surface area contributed by atoms with Crippen molar-refractivity contribution < 1.29 is 4.74 Å². The maximum atomic E-state index is 5.22. The van der Waals surface area contributed by atoms with Crippen molar-refractivity contribution in [3.63, 3.8) is 0 Å². The van der Waals surface area contributed by atoms with Crippen LogP contribution in [-0.4, -0.2) is 17.1 Å². The maximum Gasteiger partial charge on any atom is 0.158 e. The second-order valence-electron chi connectivity index (χ2n) is 3.50. The van der Waals surface area contributed by atoms with Crippen molar-refractivity contribution in [2.75, 3.05) is 12.5 Å². The number of hydrazine groups is 1. The van der Waals surface area contributed by atoms with Crippen molar-refractivity contribution in [3.8, 4) is 5.75 Å². The van der Waals surface area contributed by atoms with Crippen LogP contribution in [0.1, 0.15) is 5.69 Å². The van der Waals surface area contributed by atoms with Gasteiger partial charge in [-0.25, -0.2) is 10.8 Å². The topological polar surface area (TPSA) is 73.1 Å². The fraction of sp³-hybridized carbons (Fsp3) is 0.167. The smallest absolute Gasteiger partial charge is 0.158 e. The quantitative estimate of drug-likeness (QED) is 0.488. The number of ether oxygens (including phenoxy) is 1. The van der Waals surface area contributed by atoms with E-state index in [0.29, 0.717) is 5.82 Å². The largest absolute Gasteiger partial charge is 0.497 e. The van der Waals surface area contributed by atoms with Crippen LogP contribution in [0, 0.1) is 0 Å². The van der Waals surface area contributed by atoms with Crippen LogP contribution in [0.15, 0.2) is 41.6 Å². The Bertz CT molecular complexity index is 439. The van der Waals surface area contributed by atoms with Crippen LogP contribution in [0.4, 0.5) is 5.82 Å². The molecule has 6 heteroatoms. The van der Waals surface area contributed by atoms with Crippen molar-refractivity contribution in [1.29, 1.82) is 0 Å². The van der Waals surface area contributed by atoms with Gasteiger partial charge in [0.25, 0.3) is 0 Å². The summed E-state index contributed by atoms with van der Waals surface area (Å²) in [5.74, 6) is 7.41. The highest BCUT2D eigenvalue weighted by molar-refractivity contribution is 7.98. The molecule has 1 heterocycles. The van der Waals surface area contributed by atoms with Crippen LogP contribution < -0.4 is 16.0 Å². The van der Waals surface area contributed by atoms with Gasteiger partial charge in [0.05, 0.1) is 25.2 Å². The Labute approximate surface area is 110 Å². The van der Waals surface area contributed by atoms with Crippen molar-refractivity contribution in [2.45, 2.75) is 10.6 Å². The normalized spacial score (nSPS) is 10.1. The minimum Gasteiger partial charge on any atom is -0.497 e. The lowest BCUT2D eigenvalue weighted by molar-refractivity contribution is 0.414. The first kappa shape index (κ1) is 12.7. The lowest BCUT2D eigenvalue weighted by Gasteiger charge is -2.04. The van der Waals surface area contributed by atoms with Gasteiger partial charge in [0.15, 0.2) is 5.82 Å². The molecule has 0 radical (unpaired) electrons. The van der Waals surface area contributed by atoms with E-state index >= 15 is 0 Å². The summed E-state index contributed by atoms with van der Waals surface area (Å²) in [6.45, 7) is 0. The molecular formula is C12H14N4OS. The monoisotopic (exact) mass is 262 g/mol. The molecule has 0 unspecified atom stereocenters. The molecule has 0 spiro atoms. The number of benzene rings is 1. The molecule has 1 aromatic heterocycles. The molecular weight excluding hydrogens is 248 g/mol. The minimum absolute atomic E-state index is 0.563. The molecule has 94 valence electrons. The molecule has 0 amide bonds. The third-order valence-electron chi connectivity index (χ3n) is 2.30. The summed E-state index contributed by atoms with van der Waals surface area (Å²) in [7, 11) is 1.66. The number of hydrogen-bond donors (Lipinski definition) is 2. The van der Waals surface area contributed by atoms with Crippen LogP contribution >= 0.6 is 11.8 Å². The molecule has 0 bridgehead atoms. The van der Waals surface area contributed by atoms with Gasteiger partial charge >= 0.3 is 0 Å². The van der Waals surface area contributed by atoms with Crippen molar-refractivity contribution in [1.82, 2.24) is 9.97 Å². The number of nitrogens with zero attached hydrogens (tertiary/aromatic N) is 2. The molecule has 0 fully saturated rings. The average molecular weight is 262 g/mol. The lowest BCUT2D eigenvalue weighted by atomic mass is 10.3. The highest BCUT2D eigenvalue weighted by Gasteiger charge is 1.99. The zero-order chi connectivity index (χ0) is 12.8. The predicted molar refractivity (Wildman–Crippen MR) is 72.4 cm³/mol. The first-order valence-corrected chi connectivity index (χ1v) is 6.35. The van der Waals surface area contributed by atoms with Gasteiger partial charge in [0.1, 0.15) is 5.75 Å². The third-order valence-corrected chi connectivity index (χ3v) is 3.34. The molecule has 5 nitrogen and oxygen atoms in total. The number of nitrogen functional groups attached to an aromatic ring is 1. The summed E-state index contributed by atoms with van der Waals surface area (Å²) < 4.78 is 5.11. The van der Waals surface area contributed by atoms with Crippen LogP contribution in [0.3, 0.4) is 0 Å². The third kappa shape index (κ3) is 3.35. The number of hydrogen-bond acceptors (Lipinski definition) is 6. The van der Waals surface area contributed by atoms with Crippen molar-refractivity contribution in [3.05, 3.63) is 42.4 Å². The van der Waals surface area contributed by atoms with Crippen LogP contribution in [0.2, 0.25) is 0 Å². The molecule has 3 N–H and O–H groups in total. The van der Waals surface area contributed by atoms with Crippen LogP contribution in [-0.2, 0) is 5.75 Å². The molecule has 1 aromatic carbocycles. The number of methoxy groups -OCH3 is 1. The van der Waals surface area contributed by atoms with Gasteiger partial charge in [-0.1, -0.05) is 0 Å². The molecule has 18 heavy (non-hydrogen) atoms. The summed E-state index contributed by atoms with van der Waals surface area (Å²) >= 11 is 1.70. The van der Waals surface area contributed by atoms with Gasteiger partial charge in [-0.2, -0.15) is 0 Å². The summed E-state index contributed by atoms with van der Waals surface area (Å²) in [5, 5.41) is 0. The van der Waals surface area contributed by atoms with Gasteiger partial charge in [-0.15, -0.1) is 11.8 Å². The van der Waals surface area contributed by atoms with E-state index in [1.54, 1.807) is 31.3 Å². The van der Waals surface area contributed by atoms with Gasteiger partial charge in [0, 0.05) is 10.6 Å². The van der Waals surface area contributed by atoms with Gasteiger partial charge in [-0.3, -0.25) is 4.98 Å². The first-order valence-electron chi connectivity index (χ1n) is 5.36. The fourth-order valence-electron chi connectivity index (χ4n) is 1.33. The number of thioether (sulfide) groups is 1. The van der Waals surface area contributed by atoms with E-state index < -0.39 is 0 Å². The Hall–Kier alpha value is -1.79. The second kappa shape index (κ2) is 6.23. The van der Waals surface area contributed by atoms with Gasteiger partial charge < -0.3 is 10.2 Å². The Kier molecular flexibility index (Phi) is 4.38. The lowest BCUT2D eigenvalue weighted by Crippen LogP contribution is -2.08. The van der Waals surface area contributed by atoms with E-state index in [1.807, 2.05) is 24.3 Å². The number of rotatable bonds is 5. The molecule has 2 aromatic rings. The highest BCUT2D eigenvalue weighted by Crippen LogP contribution is 2.24. The molecule has 0 saturated carbocycles. The van der Waals surface area contributed by atoms with E-state index in [1.165, 1.54) is 4.90 Å². The van der Waals surface area contributed by atoms with E-state index in [-0.39, 0.29) is 0 Å². The zero-order valence-corrected chi connectivity index (χ0v) is 10.8. The molecule has 0 atom stereocenters. The standard InChI is InChI=1S/C12H14N4OS/c1-17-10-2-4-11(5-3-10)18-8-9-6-15-12(16-13)7-14-9/h2-7H,8,13H2,1H3,(H,15,16). The molecule has 0 saturated heterocycles. The first-order chi connectivity index (χ1) is 8.81. The number of nitrogens with one attached hydrogen (secondary N) is 1. The summed E-state index contributed by atoms with van der Waals surface area (Å²) in [5.41, 5.74) is 3.36. The number of aromatic nitrogens is 2. The Balaban J connectivity index is 1.93. The Morgan fingerprint density at radius 2 is 2.00 bits per heavy atom. The van der Waals surface area contributed by atoms with Crippen molar-refractivity contribution in [2.24, 2.45) is 5.84 Å². The summed E-state index contributed by atoms with van der Waals surface area (Å²) in [4.78, 5) is 9.52. The van der Waals surface area contributed by atoms with E-state index in [9.17, 15) is 0 Å². The van der Waals surface area contributed by atoms with Gasteiger partial charge in [-0.05, 0) is 24.3 Å². The van der Waals surface area contributed by atoms with E-state index in [0.717, 1.165) is 17.2 Å². The van der Waals surface area contributed by atoms with E-state index in [2.05, 4.69) is 15.4 Å². The maximum absolute atomic E-state index is 5.22. The average Bonchev–Trinajstić information content (AvgIpc) is 2.46. The molecule has 2 rings (SSSR count). The van der Waals surface area contributed by atoms with Gasteiger partial charge in [0.2, 0.25) is 0 Å². The van der Waals surface area contributed by atoms with Crippen LogP contribution in [0.25, 0.3) is 0 Å². The van der Waals surface area contributed by atoms with Crippen LogP contribution in [0.5, 0.6) is 5.75 Å². The number of nitrogens with two attached hydrogens (primary N) is 1. The minimum atomic E-state index is 0.563. The molecule has 0 aliphatic carbocycles. The molecule has 0 aliphatic rings. The number of anilines is 1. The van der Waals surface area contributed by atoms with E-state index in [4.69, 9.17) is 10.6 Å². The predicted octanol–water partition coefficient (Wildman–Crippen LogP) is 2.06. The summed E-state index contributed by atoms with van der Waals surface area (Å²) in [6.07, 6.45) is 3.33.